The van der Waals surface area contributed by atoms with Crippen LogP contribution in [-0.2, 0) is 19.1 Å². The van der Waals surface area contributed by atoms with Gasteiger partial charge in [0, 0.05) is 37.1 Å². The van der Waals surface area contributed by atoms with Crippen LogP contribution in [0.2, 0.25) is 0 Å². The molecule has 0 bridgehead atoms. The highest BCUT2D eigenvalue weighted by Crippen LogP contribution is 2.21. The maximum Gasteiger partial charge on any atom is 0.305 e. The van der Waals surface area contributed by atoms with Crippen molar-refractivity contribution in [3.05, 3.63) is 0 Å². The van der Waals surface area contributed by atoms with Crippen molar-refractivity contribution in [3.8, 4) is 0 Å². The summed E-state index contributed by atoms with van der Waals surface area (Å²) in [5.41, 5.74) is -0.913. The third kappa shape index (κ3) is 8.23. The molecule has 3 N–H and O–H groups in total. The van der Waals surface area contributed by atoms with Crippen molar-refractivity contribution in [2.45, 2.75) is 39.7 Å². The van der Waals surface area contributed by atoms with Gasteiger partial charge in [0.15, 0.2) is 0 Å². The molecule has 128 valence electrons. The summed E-state index contributed by atoms with van der Waals surface area (Å²) < 4.78 is 4.96. The number of esters is 1. The Kier molecular flexibility index (Phi) is 9.84. The van der Waals surface area contributed by atoms with Gasteiger partial charge in [0.2, 0.25) is 11.8 Å². The third-order valence-electron chi connectivity index (χ3n) is 2.97. The average molecular weight is 334 g/mol. The van der Waals surface area contributed by atoms with E-state index in [-0.39, 0.29) is 37.9 Å². The normalized spacial score (nSPS) is 12.4. The van der Waals surface area contributed by atoms with Crippen LogP contribution in [0, 0.1) is 5.41 Å². The summed E-state index contributed by atoms with van der Waals surface area (Å²) in [6.45, 7) is 5.45. The van der Waals surface area contributed by atoms with E-state index in [1.54, 1.807) is 20.8 Å². The first-order chi connectivity index (χ1) is 10.2. The maximum atomic E-state index is 11.9. The van der Waals surface area contributed by atoms with Gasteiger partial charge < -0.3 is 20.5 Å². The van der Waals surface area contributed by atoms with Gasteiger partial charge in [0.1, 0.15) is 6.10 Å². The third-order valence-corrected chi connectivity index (χ3v) is 3.19. The van der Waals surface area contributed by atoms with E-state index in [9.17, 15) is 19.5 Å². The molecular formula is C14H26N2O5S. The van der Waals surface area contributed by atoms with Crippen molar-refractivity contribution in [1.82, 2.24) is 10.6 Å². The molecule has 0 aliphatic heterocycles. The molecule has 0 saturated heterocycles. The van der Waals surface area contributed by atoms with Gasteiger partial charge in [-0.1, -0.05) is 20.8 Å². The highest BCUT2D eigenvalue weighted by Gasteiger charge is 2.34. The maximum absolute atomic E-state index is 11.9. The van der Waals surface area contributed by atoms with Gasteiger partial charge in [-0.15, -0.1) is 0 Å². The quantitative estimate of drug-likeness (QED) is 0.329. The number of aliphatic hydroxyl groups is 1. The van der Waals surface area contributed by atoms with Crippen molar-refractivity contribution in [1.29, 1.82) is 0 Å². The summed E-state index contributed by atoms with van der Waals surface area (Å²) in [5, 5.41) is 15.1. The number of carbonyl (C=O) groups excluding carboxylic acids is 3. The Balaban J connectivity index is 4.18. The lowest BCUT2D eigenvalue weighted by atomic mass is 9.87. The molecule has 0 aromatic heterocycles. The molecule has 0 saturated carbocycles. The molecule has 8 heteroatoms. The first kappa shape index (κ1) is 20.7. The summed E-state index contributed by atoms with van der Waals surface area (Å²) in [6, 6.07) is 0. The number of carbonyl (C=O) groups is 3. The van der Waals surface area contributed by atoms with Gasteiger partial charge in [-0.25, -0.2) is 0 Å². The van der Waals surface area contributed by atoms with Crippen LogP contribution in [0.5, 0.6) is 0 Å². The summed E-state index contributed by atoms with van der Waals surface area (Å²) in [4.78, 5) is 34.3. The van der Waals surface area contributed by atoms with Crippen LogP contribution in [0.1, 0.15) is 33.6 Å². The van der Waals surface area contributed by atoms with Gasteiger partial charge in [-0.3, -0.25) is 14.4 Å². The molecule has 1 atom stereocenters. The number of rotatable bonds is 10. The molecule has 7 nitrogen and oxygen atoms in total. The lowest BCUT2D eigenvalue weighted by Crippen LogP contribution is -2.47. The van der Waals surface area contributed by atoms with Crippen molar-refractivity contribution in [3.63, 3.8) is 0 Å². The number of nitrogens with one attached hydrogen (secondary N) is 2. The number of hydrogen-bond acceptors (Lipinski definition) is 6. The zero-order valence-electron chi connectivity index (χ0n) is 13.3. The molecule has 0 unspecified atom stereocenters. The molecule has 0 fully saturated rings. The zero-order chi connectivity index (χ0) is 17.2. The number of thiol groups is 1. The van der Waals surface area contributed by atoms with E-state index < -0.39 is 17.4 Å². The molecule has 0 rings (SSSR count). The first-order valence-corrected chi connectivity index (χ1v) is 7.86. The Morgan fingerprint density at radius 1 is 1.23 bits per heavy atom. The standard InChI is InChI=1S/C14H26N2O5S/c1-4-11(18)21-9-14(2,3)12(19)13(20)16-6-5-10(17)15-7-8-22/h12,19,22H,4-9H2,1-3H3,(H,15,17)(H,16,20)/t12-/m0/s1. The number of hydrogen-bond donors (Lipinski definition) is 4. The Bertz CT molecular complexity index is 387. The fourth-order valence-corrected chi connectivity index (χ4v) is 1.59. The van der Waals surface area contributed by atoms with Gasteiger partial charge in [0.25, 0.3) is 0 Å². The monoisotopic (exact) mass is 334 g/mol. The first-order valence-electron chi connectivity index (χ1n) is 7.23. The SMILES string of the molecule is CCC(=O)OCC(C)(C)[C@@H](O)C(=O)NCCC(=O)NCCS. The summed E-state index contributed by atoms with van der Waals surface area (Å²) >= 11 is 3.97. The van der Waals surface area contributed by atoms with Crippen LogP contribution in [0.3, 0.4) is 0 Å². The molecule has 0 radical (unpaired) electrons. The van der Waals surface area contributed by atoms with E-state index in [1.165, 1.54) is 0 Å². The van der Waals surface area contributed by atoms with Gasteiger partial charge in [-0.05, 0) is 0 Å². The van der Waals surface area contributed by atoms with Gasteiger partial charge in [-0.2, -0.15) is 12.6 Å². The minimum Gasteiger partial charge on any atom is -0.465 e. The second-order valence-corrected chi connectivity index (χ2v) is 5.97. The van der Waals surface area contributed by atoms with Crippen molar-refractivity contribution in [2.24, 2.45) is 5.41 Å². The summed E-state index contributed by atoms with van der Waals surface area (Å²) in [7, 11) is 0. The smallest absolute Gasteiger partial charge is 0.305 e. The lowest BCUT2D eigenvalue weighted by molar-refractivity contribution is -0.153. The van der Waals surface area contributed by atoms with Crippen LogP contribution < -0.4 is 10.6 Å². The number of aliphatic hydroxyl groups excluding tert-OH is 1. The Morgan fingerprint density at radius 3 is 2.41 bits per heavy atom. The van der Waals surface area contributed by atoms with Crippen molar-refractivity contribution < 1.29 is 24.2 Å². The molecular weight excluding hydrogens is 308 g/mol. The van der Waals surface area contributed by atoms with E-state index in [1.807, 2.05) is 0 Å². The molecule has 0 aromatic rings. The van der Waals surface area contributed by atoms with Gasteiger partial charge in [0.05, 0.1) is 6.61 Å². The van der Waals surface area contributed by atoms with Crippen LogP contribution in [0.15, 0.2) is 0 Å². The molecule has 2 amide bonds. The largest absolute Gasteiger partial charge is 0.465 e. The van der Waals surface area contributed by atoms with Crippen LogP contribution >= 0.6 is 12.6 Å². The fourth-order valence-electron chi connectivity index (χ4n) is 1.48. The van der Waals surface area contributed by atoms with Crippen molar-refractivity contribution in [2.75, 3.05) is 25.4 Å². The van der Waals surface area contributed by atoms with Crippen LogP contribution in [0.25, 0.3) is 0 Å². The van der Waals surface area contributed by atoms with Crippen LogP contribution in [0.4, 0.5) is 0 Å². The van der Waals surface area contributed by atoms with Gasteiger partial charge >= 0.3 is 5.97 Å². The summed E-state index contributed by atoms with van der Waals surface area (Å²) in [6.07, 6.45) is -0.977. The molecule has 0 heterocycles. The zero-order valence-corrected chi connectivity index (χ0v) is 14.2. The molecule has 0 aliphatic rings. The van der Waals surface area contributed by atoms with E-state index in [0.29, 0.717) is 12.3 Å². The fraction of sp³-hybridized carbons (Fsp3) is 0.786. The van der Waals surface area contributed by atoms with E-state index in [0.717, 1.165) is 0 Å². The highest BCUT2D eigenvalue weighted by molar-refractivity contribution is 7.80. The molecule has 22 heavy (non-hydrogen) atoms. The molecule has 0 spiro atoms. The number of ether oxygens (including phenoxy) is 1. The Morgan fingerprint density at radius 2 is 1.86 bits per heavy atom. The Labute approximate surface area is 136 Å². The predicted octanol–water partition coefficient (Wildman–Crippen LogP) is -0.121. The second-order valence-electron chi connectivity index (χ2n) is 5.52. The molecule has 0 aromatic carbocycles. The van der Waals surface area contributed by atoms with Crippen molar-refractivity contribution >= 4 is 30.4 Å². The minimum absolute atomic E-state index is 0.0588. The second kappa shape index (κ2) is 10.4. The highest BCUT2D eigenvalue weighted by atomic mass is 32.1. The molecule has 0 aliphatic carbocycles. The van der Waals surface area contributed by atoms with E-state index in [2.05, 4.69) is 23.3 Å². The lowest BCUT2D eigenvalue weighted by Gasteiger charge is -2.28. The summed E-state index contributed by atoms with van der Waals surface area (Å²) in [5.74, 6) is -0.636. The Hall–Kier alpha value is -1.28. The van der Waals surface area contributed by atoms with Crippen LogP contribution in [-0.4, -0.2) is 54.4 Å². The van der Waals surface area contributed by atoms with E-state index >= 15 is 0 Å². The minimum atomic E-state index is -1.34. The average Bonchev–Trinajstić information content (AvgIpc) is 2.49. The predicted molar refractivity (Wildman–Crippen MR) is 85.5 cm³/mol. The topological polar surface area (TPSA) is 105 Å². The van der Waals surface area contributed by atoms with E-state index in [4.69, 9.17) is 4.74 Å². The number of amides is 2.